The van der Waals surface area contributed by atoms with Crippen LogP contribution in [0.4, 0.5) is 0 Å². The molecule has 0 aromatic carbocycles. The quantitative estimate of drug-likeness (QED) is 0.553. The van der Waals surface area contributed by atoms with Gasteiger partial charge in [0.05, 0.1) is 0 Å². The molecular weight excluding hydrogens is 378 g/mol. The van der Waals surface area contributed by atoms with Crippen molar-refractivity contribution in [2.45, 2.75) is 70.4 Å². The molecule has 0 saturated heterocycles. The summed E-state index contributed by atoms with van der Waals surface area (Å²) in [5, 5.41) is 5.15. The van der Waals surface area contributed by atoms with Crippen LogP contribution < -0.4 is 5.32 Å². The molecule has 1 amide bonds. The third kappa shape index (κ3) is 5.08. The Bertz CT molecular complexity index is 860. The molecule has 2 aromatic rings. The fraction of sp³-hybridized carbons (Fsp3) is 0.600. The Morgan fingerprint density at radius 3 is 2.89 bits per heavy atom. The van der Waals surface area contributed by atoms with Gasteiger partial charge in [0, 0.05) is 34.4 Å². The van der Waals surface area contributed by atoms with Crippen LogP contribution in [0.2, 0.25) is 0 Å². The zero-order valence-corrected chi connectivity index (χ0v) is 18.1. The van der Waals surface area contributed by atoms with Crippen molar-refractivity contribution in [2.24, 2.45) is 5.92 Å². The lowest BCUT2D eigenvalue weighted by atomic mass is 9.89. The van der Waals surface area contributed by atoms with Crippen molar-refractivity contribution >= 4 is 45.0 Å². The molecule has 0 fully saturated rings. The van der Waals surface area contributed by atoms with E-state index in [2.05, 4.69) is 22.2 Å². The van der Waals surface area contributed by atoms with E-state index in [0.717, 1.165) is 28.6 Å². The van der Waals surface area contributed by atoms with Crippen LogP contribution in [0.1, 0.15) is 57.4 Å². The second-order valence-corrected chi connectivity index (χ2v) is 10.3. The average Bonchev–Trinajstić information content (AvgIpc) is 2.91. The largest absolute Gasteiger partial charge is 0.351 e. The number of thiophene rings is 1. The first-order valence-electron chi connectivity index (χ1n) is 9.43. The van der Waals surface area contributed by atoms with Crippen LogP contribution in [0.25, 0.3) is 10.2 Å². The number of hydrogen-bond acceptors (Lipinski definition) is 6. The van der Waals surface area contributed by atoms with E-state index in [1.807, 2.05) is 13.8 Å². The van der Waals surface area contributed by atoms with Gasteiger partial charge in [0.2, 0.25) is 5.91 Å². The van der Waals surface area contributed by atoms with Crippen molar-refractivity contribution in [3.05, 3.63) is 16.8 Å². The summed E-state index contributed by atoms with van der Waals surface area (Å²) in [4.78, 5) is 35.0. The van der Waals surface area contributed by atoms with E-state index < -0.39 is 5.54 Å². The smallest absolute Gasteiger partial charge is 0.221 e. The second kappa shape index (κ2) is 8.27. The molecule has 2 heterocycles. The lowest BCUT2D eigenvalue weighted by Crippen LogP contribution is -2.44. The van der Waals surface area contributed by atoms with Crippen molar-refractivity contribution in [3.8, 4) is 0 Å². The molecule has 0 radical (unpaired) electrons. The number of thioether (sulfide) groups is 1. The number of carbonyl (C=O) groups excluding carboxylic acids is 2. The van der Waals surface area contributed by atoms with Crippen LogP contribution >= 0.6 is 23.1 Å². The Morgan fingerprint density at radius 1 is 1.37 bits per heavy atom. The highest BCUT2D eigenvalue weighted by Gasteiger charge is 2.24. The van der Waals surface area contributed by atoms with E-state index in [1.165, 1.54) is 22.2 Å². The van der Waals surface area contributed by atoms with Gasteiger partial charge in [-0.15, -0.1) is 23.1 Å². The summed E-state index contributed by atoms with van der Waals surface area (Å²) in [6, 6.07) is 0. The first-order valence-corrected chi connectivity index (χ1v) is 11.2. The third-order valence-electron chi connectivity index (χ3n) is 4.79. The van der Waals surface area contributed by atoms with Crippen molar-refractivity contribution < 1.29 is 9.59 Å². The number of aryl methyl sites for hydroxylation is 1. The van der Waals surface area contributed by atoms with Crippen LogP contribution in [-0.2, 0) is 22.4 Å². The molecule has 5 nitrogen and oxygen atoms in total. The van der Waals surface area contributed by atoms with Gasteiger partial charge in [-0.25, -0.2) is 9.97 Å². The summed E-state index contributed by atoms with van der Waals surface area (Å²) in [5.41, 5.74) is 0.919. The molecule has 3 rings (SSSR count). The Hall–Kier alpha value is -1.47. The van der Waals surface area contributed by atoms with Gasteiger partial charge < -0.3 is 5.32 Å². The molecule has 1 N–H and O–H groups in total. The maximum Gasteiger partial charge on any atom is 0.221 e. The highest BCUT2D eigenvalue weighted by molar-refractivity contribution is 7.99. The van der Waals surface area contributed by atoms with Gasteiger partial charge >= 0.3 is 0 Å². The Labute approximate surface area is 168 Å². The third-order valence-corrected chi connectivity index (χ3v) is 6.95. The lowest BCUT2D eigenvalue weighted by molar-refractivity contribution is -0.123. The standard InChI is InChI=1S/C20H27N3O2S2/c1-12-5-6-14-15(9-12)27-19-17(14)18(21-11-22-19)26-8-7-16(25)23-20(3,4)10-13(2)24/h11-12H,5-10H2,1-4H3,(H,23,25)/t12-/m1/s1. The average molecular weight is 406 g/mol. The number of ketones is 1. The molecule has 1 aliphatic carbocycles. The second-order valence-electron chi connectivity index (χ2n) is 8.12. The molecule has 0 saturated carbocycles. The molecule has 27 heavy (non-hydrogen) atoms. The van der Waals surface area contributed by atoms with Crippen LogP contribution in [0.15, 0.2) is 11.4 Å². The number of nitrogens with one attached hydrogen (secondary N) is 1. The number of hydrogen-bond donors (Lipinski definition) is 1. The molecule has 1 aliphatic rings. The molecule has 0 aliphatic heterocycles. The maximum atomic E-state index is 12.2. The van der Waals surface area contributed by atoms with Gasteiger partial charge in [-0.05, 0) is 51.5 Å². The van der Waals surface area contributed by atoms with E-state index in [9.17, 15) is 9.59 Å². The van der Waals surface area contributed by atoms with Crippen LogP contribution in [-0.4, -0.2) is 33.0 Å². The van der Waals surface area contributed by atoms with Crippen molar-refractivity contribution in [1.29, 1.82) is 0 Å². The highest BCUT2D eigenvalue weighted by Crippen LogP contribution is 2.40. The summed E-state index contributed by atoms with van der Waals surface area (Å²) in [6.07, 6.45) is 5.82. The number of rotatable bonds is 7. The van der Waals surface area contributed by atoms with Gasteiger partial charge in [0.25, 0.3) is 0 Å². The summed E-state index contributed by atoms with van der Waals surface area (Å²) >= 11 is 3.42. The topological polar surface area (TPSA) is 72.0 Å². The number of amides is 1. The maximum absolute atomic E-state index is 12.2. The Kier molecular flexibility index (Phi) is 6.21. The fourth-order valence-electron chi connectivity index (χ4n) is 3.70. The number of Topliss-reactive ketones (excluding diaryl/α,β-unsaturated/α-hetero) is 1. The van der Waals surface area contributed by atoms with Gasteiger partial charge in [-0.1, -0.05) is 6.92 Å². The predicted octanol–water partition coefficient (Wildman–Crippen LogP) is 4.17. The molecule has 0 spiro atoms. The monoisotopic (exact) mass is 405 g/mol. The van der Waals surface area contributed by atoms with Crippen molar-refractivity contribution in [2.75, 3.05) is 5.75 Å². The summed E-state index contributed by atoms with van der Waals surface area (Å²) < 4.78 is 0. The van der Waals surface area contributed by atoms with Crippen molar-refractivity contribution in [3.63, 3.8) is 0 Å². The molecule has 1 atom stereocenters. The van der Waals surface area contributed by atoms with Crippen LogP contribution in [0.3, 0.4) is 0 Å². The van der Waals surface area contributed by atoms with E-state index in [0.29, 0.717) is 18.6 Å². The van der Waals surface area contributed by atoms with Crippen LogP contribution in [0, 0.1) is 5.92 Å². The summed E-state index contributed by atoms with van der Waals surface area (Å²) in [6.45, 7) is 7.62. The molecule has 146 valence electrons. The predicted molar refractivity (Wildman–Crippen MR) is 111 cm³/mol. The summed E-state index contributed by atoms with van der Waals surface area (Å²) in [5.74, 6) is 1.45. The first-order chi connectivity index (χ1) is 12.7. The zero-order valence-electron chi connectivity index (χ0n) is 16.4. The van der Waals surface area contributed by atoms with E-state index in [-0.39, 0.29) is 11.7 Å². The molecule has 0 unspecified atom stereocenters. The summed E-state index contributed by atoms with van der Waals surface area (Å²) in [7, 11) is 0. The first kappa shape index (κ1) is 20.3. The zero-order chi connectivity index (χ0) is 19.6. The minimum absolute atomic E-state index is 0.0276. The lowest BCUT2D eigenvalue weighted by Gasteiger charge is -2.25. The number of aromatic nitrogens is 2. The van der Waals surface area contributed by atoms with Gasteiger partial charge in [0.15, 0.2) is 0 Å². The Morgan fingerprint density at radius 2 is 2.15 bits per heavy atom. The minimum Gasteiger partial charge on any atom is -0.351 e. The SMILES string of the molecule is CC(=O)CC(C)(C)NC(=O)CCSc1ncnc2sc3c(c12)CC[C@@H](C)C3. The van der Waals surface area contributed by atoms with E-state index in [1.54, 1.807) is 36.3 Å². The molecular formula is C20H27N3O2S2. The number of carbonyl (C=O) groups is 2. The minimum atomic E-state index is -0.501. The number of fused-ring (bicyclic) bond motifs is 3. The van der Waals surface area contributed by atoms with Gasteiger partial charge in [-0.3, -0.25) is 9.59 Å². The Balaban J connectivity index is 1.64. The molecule has 7 heteroatoms. The molecule has 0 bridgehead atoms. The normalized spacial score (nSPS) is 17.0. The highest BCUT2D eigenvalue weighted by atomic mass is 32.2. The number of nitrogens with zero attached hydrogens (tertiary/aromatic N) is 2. The molecule has 2 aromatic heterocycles. The van der Waals surface area contributed by atoms with Gasteiger partial charge in [-0.2, -0.15) is 0 Å². The van der Waals surface area contributed by atoms with E-state index >= 15 is 0 Å². The van der Waals surface area contributed by atoms with Crippen molar-refractivity contribution in [1.82, 2.24) is 15.3 Å². The van der Waals surface area contributed by atoms with E-state index in [4.69, 9.17) is 0 Å². The van der Waals surface area contributed by atoms with Gasteiger partial charge in [0.1, 0.15) is 22.0 Å². The fourth-order valence-corrected chi connectivity index (χ4v) is 6.08. The van der Waals surface area contributed by atoms with Crippen LogP contribution in [0.5, 0.6) is 0 Å².